The minimum Gasteiger partial charge on any atom is -0.373 e. The summed E-state index contributed by atoms with van der Waals surface area (Å²) < 4.78 is 13.3. The van der Waals surface area contributed by atoms with E-state index in [2.05, 4.69) is 15.2 Å². The molecule has 0 radical (unpaired) electrons. The monoisotopic (exact) mass is 257 g/mol. The summed E-state index contributed by atoms with van der Waals surface area (Å²) in [6.07, 6.45) is 0.974. The van der Waals surface area contributed by atoms with Crippen molar-refractivity contribution < 1.29 is 4.39 Å². The molecule has 19 heavy (non-hydrogen) atoms. The Morgan fingerprint density at radius 3 is 3.05 bits per heavy atom. The first kappa shape index (κ1) is 12.0. The van der Waals surface area contributed by atoms with E-state index < -0.39 is 0 Å². The minimum atomic E-state index is -0.178. The molecule has 0 aliphatic carbocycles. The fraction of sp³-hybridized carbons (Fsp3) is 0.267. The molecule has 2 heterocycles. The van der Waals surface area contributed by atoms with Gasteiger partial charge < -0.3 is 10.2 Å². The van der Waals surface area contributed by atoms with Crippen LogP contribution in [0.25, 0.3) is 0 Å². The Kier molecular flexibility index (Phi) is 3.07. The van der Waals surface area contributed by atoms with Crippen molar-refractivity contribution in [1.82, 2.24) is 4.98 Å². The molecule has 1 N–H and O–H groups in total. The van der Waals surface area contributed by atoms with Crippen molar-refractivity contribution in [3.05, 3.63) is 53.5 Å². The number of nitrogens with one attached hydrogen (secondary N) is 1. The molecule has 0 fully saturated rings. The summed E-state index contributed by atoms with van der Waals surface area (Å²) in [5.41, 5.74) is 3.20. The van der Waals surface area contributed by atoms with Gasteiger partial charge in [-0.3, -0.25) is 0 Å². The van der Waals surface area contributed by atoms with Crippen molar-refractivity contribution >= 4 is 11.5 Å². The number of nitrogens with zero attached hydrogens (tertiary/aromatic N) is 2. The smallest absolute Gasteiger partial charge is 0.126 e. The average molecular weight is 257 g/mol. The summed E-state index contributed by atoms with van der Waals surface area (Å²) in [6.45, 7) is 1.64. The quantitative estimate of drug-likeness (QED) is 0.916. The first-order chi connectivity index (χ1) is 9.26. The number of aromatic nitrogens is 1. The highest BCUT2D eigenvalue weighted by Crippen LogP contribution is 2.29. The van der Waals surface area contributed by atoms with Gasteiger partial charge in [0.25, 0.3) is 0 Å². The van der Waals surface area contributed by atoms with E-state index >= 15 is 0 Å². The second kappa shape index (κ2) is 4.88. The van der Waals surface area contributed by atoms with Gasteiger partial charge in [0, 0.05) is 19.3 Å². The highest BCUT2D eigenvalue weighted by atomic mass is 19.1. The van der Waals surface area contributed by atoms with E-state index in [9.17, 15) is 4.39 Å². The maximum atomic E-state index is 13.3. The van der Waals surface area contributed by atoms with Crippen LogP contribution >= 0.6 is 0 Å². The van der Waals surface area contributed by atoms with Crippen LogP contribution in [0.5, 0.6) is 0 Å². The molecule has 0 saturated carbocycles. The molecule has 1 aromatic heterocycles. The fourth-order valence-corrected chi connectivity index (χ4v) is 2.49. The Morgan fingerprint density at radius 2 is 2.21 bits per heavy atom. The molecule has 0 atom stereocenters. The lowest BCUT2D eigenvalue weighted by Crippen LogP contribution is -2.20. The molecule has 98 valence electrons. The summed E-state index contributed by atoms with van der Waals surface area (Å²) in [5, 5.41) is 3.03. The van der Waals surface area contributed by atoms with Crippen LogP contribution < -0.4 is 10.2 Å². The number of fused-ring (bicyclic) bond motifs is 1. The second-order valence-corrected chi connectivity index (χ2v) is 4.71. The molecule has 2 aromatic rings. The van der Waals surface area contributed by atoms with Gasteiger partial charge in [0.2, 0.25) is 0 Å². The third-order valence-corrected chi connectivity index (χ3v) is 3.45. The van der Waals surface area contributed by atoms with Crippen LogP contribution in [0.3, 0.4) is 0 Å². The maximum absolute atomic E-state index is 13.3. The van der Waals surface area contributed by atoms with Crippen molar-refractivity contribution in [2.75, 3.05) is 23.8 Å². The molecule has 0 spiro atoms. The Labute approximate surface area is 112 Å². The minimum absolute atomic E-state index is 0.178. The van der Waals surface area contributed by atoms with E-state index in [4.69, 9.17) is 0 Å². The molecule has 0 bridgehead atoms. The van der Waals surface area contributed by atoms with Gasteiger partial charge in [0.15, 0.2) is 0 Å². The maximum Gasteiger partial charge on any atom is 0.126 e. The zero-order valence-electron chi connectivity index (χ0n) is 10.9. The molecule has 0 saturated heterocycles. The third kappa shape index (κ3) is 2.38. The van der Waals surface area contributed by atoms with Crippen LogP contribution in [0.2, 0.25) is 0 Å². The van der Waals surface area contributed by atoms with Crippen LogP contribution in [-0.2, 0) is 13.0 Å². The predicted molar refractivity (Wildman–Crippen MR) is 74.9 cm³/mol. The molecular weight excluding hydrogens is 241 g/mol. The number of benzene rings is 1. The van der Waals surface area contributed by atoms with Crippen LogP contribution in [-0.4, -0.2) is 18.6 Å². The third-order valence-electron chi connectivity index (χ3n) is 3.45. The average Bonchev–Trinajstić information content (AvgIpc) is 2.81. The highest BCUT2D eigenvalue weighted by Gasteiger charge is 2.19. The molecular formula is C15H16FN3. The summed E-state index contributed by atoms with van der Waals surface area (Å²) in [4.78, 5) is 6.68. The molecule has 1 aliphatic rings. The van der Waals surface area contributed by atoms with Gasteiger partial charge in [-0.1, -0.05) is 12.1 Å². The lowest BCUT2D eigenvalue weighted by atomic mass is 10.2. The standard InChI is InChI=1S/C15H16FN3/c1-17-15-4-2-3-13(18-15)10-19-8-7-11-5-6-12(16)9-14(11)19/h2-6,9H,7-8,10H2,1H3,(H,17,18). The lowest BCUT2D eigenvalue weighted by Gasteiger charge is -2.19. The van der Waals surface area contributed by atoms with Crippen LogP contribution in [0.4, 0.5) is 15.9 Å². The van der Waals surface area contributed by atoms with Gasteiger partial charge in [0.05, 0.1) is 12.2 Å². The molecule has 0 unspecified atom stereocenters. The number of hydrogen-bond acceptors (Lipinski definition) is 3. The van der Waals surface area contributed by atoms with E-state index in [1.165, 1.54) is 11.6 Å². The fourth-order valence-electron chi connectivity index (χ4n) is 2.49. The van der Waals surface area contributed by atoms with Gasteiger partial charge in [-0.2, -0.15) is 0 Å². The van der Waals surface area contributed by atoms with Crippen molar-refractivity contribution in [2.45, 2.75) is 13.0 Å². The van der Waals surface area contributed by atoms with Gasteiger partial charge in [-0.25, -0.2) is 9.37 Å². The SMILES string of the molecule is CNc1cccc(CN2CCc3ccc(F)cc32)n1. The zero-order valence-corrected chi connectivity index (χ0v) is 10.9. The molecule has 1 aliphatic heterocycles. The lowest BCUT2D eigenvalue weighted by molar-refractivity contribution is 0.627. The van der Waals surface area contributed by atoms with Crippen molar-refractivity contribution in [2.24, 2.45) is 0 Å². The van der Waals surface area contributed by atoms with E-state index in [0.29, 0.717) is 6.54 Å². The first-order valence-electron chi connectivity index (χ1n) is 6.43. The molecule has 0 amide bonds. The topological polar surface area (TPSA) is 28.2 Å². The van der Waals surface area contributed by atoms with E-state index in [0.717, 1.165) is 30.2 Å². The van der Waals surface area contributed by atoms with E-state index in [-0.39, 0.29) is 5.82 Å². The summed E-state index contributed by atoms with van der Waals surface area (Å²) in [5.74, 6) is 0.679. The molecule has 3 nitrogen and oxygen atoms in total. The molecule has 3 rings (SSSR count). The highest BCUT2D eigenvalue weighted by molar-refractivity contribution is 5.58. The Balaban J connectivity index is 1.84. The number of hydrogen-bond donors (Lipinski definition) is 1. The first-order valence-corrected chi connectivity index (χ1v) is 6.43. The van der Waals surface area contributed by atoms with Crippen molar-refractivity contribution in [3.63, 3.8) is 0 Å². The number of halogens is 1. The van der Waals surface area contributed by atoms with E-state index in [1.807, 2.05) is 31.3 Å². The van der Waals surface area contributed by atoms with Gasteiger partial charge >= 0.3 is 0 Å². The van der Waals surface area contributed by atoms with Gasteiger partial charge in [-0.15, -0.1) is 0 Å². The summed E-state index contributed by atoms with van der Waals surface area (Å²) in [7, 11) is 1.85. The summed E-state index contributed by atoms with van der Waals surface area (Å²) >= 11 is 0. The Bertz CT molecular complexity index is 598. The normalized spacial score (nSPS) is 13.5. The number of anilines is 2. The number of rotatable bonds is 3. The van der Waals surface area contributed by atoms with E-state index in [1.54, 1.807) is 6.07 Å². The summed E-state index contributed by atoms with van der Waals surface area (Å²) in [6, 6.07) is 10.9. The molecule has 4 heteroatoms. The Morgan fingerprint density at radius 1 is 1.32 bits per heavy atom. The molecule has 1 aromatic carbocycles. The van der Waals surface area contributed by atoms with Gasteiger partial charge in [0.1, 0.15) is 11.6 Å². The number of pyridine rings is 1. The zero-order chi connectivity index (χ0) is 13.2. The largest absolute Gasteiger partial charge is 0.373 e. The predicted octanol–water partition coefficient (Wildman–Crippen LogP) is 2.83. The van der Waals surface area contributed by atoms with Crippen molar-refractivity contribution in [1.29, 1.82) is 0 Å². The van der Waals surface area contributed by atoms with Gasteiger partial charge in [-0.05, 0) is 36.2 Å². The Hall–Kier alpha value is -2.10. The van der Waals surface area contributed by atoms with Crippen LogP contribution in [0, 0.1) is 5.82 Å². The van der Waals surface area contributed by atoms with Crippen LogP contribution in [0.1, 0.15) is 11.3 Å². The van der Waals surface area contributed by atoms with Crippen LogP contribution in [0.15, 0.2) is 36.4 Å². The van der Waals surface area contributed by atoms with Crippen molar-refractivity contribution in [3.8, 4) is 0 Å². The second-order valence-electron chi connectivity index (χ2n) is 4.71.